The van der Waals surface area contributed by atoms with E-state index in [2.05, 4.69) is 15.3 Å². The monoisotopic (exact) mass is 573 g/mol. The minimum absolute atomic E-state index is 0.00845. The van der Waals surface area contributed by atoms with Crippen LogP contribution in [0.4, 0.5) is 24.8 Å². The zero-order valence-electron chi connectivity index (χ0n) is 22.8. The van der Waals surface area contributed by atoms with Gasteiger partial charge in [0.2, 0.25) is 5.43 Å². The van der Waals surface area contributed by atoms with Crippen molar-refractivity contribution in [3.63, 3.8) is 0 Å². The quantitative estimate of drug-likeness (QED) is 0.178. The number of rotatable bonds is 8. The molecule has 0 saturated carbocycles. The number of hydrogen-bond donors (Lipinski definition) is 3. The van der Waals surface area contributed by atoms with Crippen molar-refractivity contribution in [2.75, 3.05) is 11.1 Å². The zero-order valence-corrected chi connectivity index (χ0v) is 22.8. The van der Waals surface area contributed by atoms with Crippen LogP contribution < -0.4 is 21.2 Å². The second-order valence-electron chi connectivity index (χ2n) is 9.86. The molecule has 11 heteroatoms. The van der Waals surface area contributed by atoms with Gasteiger partial charge < -0.3 is 20.2 Å². The maximum absolute atomic E-state index is 14.8. The molecule has 8 nitrogen and oxygen atoms in total. The molecule has 0 fully saturated rings. The first kappa shape index (κ1) is 28.3. The average molecular weight is 574 g/mol. The van der Waals surface area contributed by atoms with Crippen molar-refractivity contribution in [3.05, 3.63) is 112 Å². The lowest BCUT2D eigenvalue weighted by atomic mass is 9.98. The van der Waals surface area contributed by atoms with E-state index in [9.17, 15) is 18.0 Å². The van der Waals surface area contributed by atoms with Gasteiger partial charge in [-0.25, -0.2) is 23.1 Å². The van der Waals surface area contributed by atoms with Gasteiger partial charge >= 0.3 is 0 Å². The van der Waals surface area contributed by atoms with Crippen LogP contribution in [0.25, 0.3) is 22.1 Å². The standard InChI is InChI=1S/C31H26F3N5O3/c1-15(2)41-24-9-7-18(12-22(24)34)27(35)26-30(36)37-14-38-31(26)39-16(3)29-25(17-5-4-6-19(32)11-17)28(40)21-13-20(33)8-10-23(21)42-29/h4-16,35H,1-3H3,(H3,36,37,38,39)/t16-/m0/s1. The van der Waals surface area contributed by atoms with Crippen molar-refractivity contribution in [1.29, 1.82) is 5.41 Å². The van der Waals surface area contributed by atoms with Crippen molar-refractivity contribution < 1.29 is 22.3 Å². The molecule has 0 unspecified atom stereocenters. The maximum Gasteiger partial charge on any atom is 0.200 e. The fourth-order valence-electron chi connectivity index (χ4n) is 4.58. The average Bonchev–Trinajstić information content (AvgIpc) is 2.94. The molecule has 0 bridgehead atoms. The van der Waals surface area contributed by atoms with Crippen molar-refractivity contribution in [2.45, 2.75) is 32.9 Å². The second kappa shape index (κ2) is 11.4. The van der Waals surface area contributed by atoms with Gasteiger partial charge in [0, 0.05) is 5.56 Å². The van der Waals surface area contributed by atoms with Crippen molar-refractivity contribution in [1.82, 2.24) is 9.97 Å². The highest BCUT2D eigenvalue weighted by Gasteiger charge is 2.25. The molecule has 3 aromatic carbocycles. The number of nitrogens with zero attached hydrogens (tertiary/aromatic N) is 2. The Morgan fingerprint density at radius 3 is 2.48 bits per heavy atom. The summed E-state index contributed by atoms with van der Waals surface area (Å²) in [6.07, 6.45) is 0.945. The summed E-state index contributed by atoms with van der Waals surface area (Å²) in [4.78, 5) is 21.9. The molecule has 0 spiro atoms. The van der Waals surface area contributed by atoms with E-state index < -0.39 is 28.9 Å². The lowest BCUT2D eigenvalue weighted by Crippen LogP contribution is -2.19. The first-order valence-electron chi connectivity index (χ1n) is 13.0. The number of hydrogen-bond acceptors (Lipinski definition) is 8. The van der Waals surface area contributed by atoms with E-state index in [1.165, 1.54) is 42.7 Å². The number of benzene rings is 3. The van der Waals surface area contributed by atoms with Gasteiger partial charge in [-0.2, -0.15) is 0 Å². The van der Waals surface area contributed by atoms with Crippen molar-refractivity contribution in [3.8, 4) is 16.9 Å². The number of fused-ring (bicyclic) bond motifs is 1. The Bertz CT molecular complexity index is 1890. The van der Waals surface area contributed by atoms with Gasteiger partial charge in [-0.1, -0.05) is 12.1 Å². The van der Waals surface area contributed by atoms with Crippen molar-refractivity contribution in [2.24, 2.45) is 0 Å². The number of halogens is 3. The van der Waals surface area contributed by atoms with Crippen LogP contribution in [-0.2, 0) is 0 Å². The predicted molar refractivity (Wildman–Crippen MR) is 154 cm³/mol. The van der Waals surface area contributed by atoms with Gasteiger partial charge in [-0.15, -0.1) is 0 Å². The zero-order chi connectivity index (χ0) is 30.1. The van der Waals surface area contributed by atoms with E-state index in [1.807, 2.05) is 0 Å². The van der Waals surface area contributed by atoms with Gasteiger partial charge in [-0.3, -0.25) is 10.2 Å². The highest BCUT2D eigenvalue weighted by molar-refractivity contribution is 6.16. The SMILES string of the molecule is CC(C)Oc1ccc(C(=N)c2c(N)ncnc2N[C@@H](C)c2oc3ccc(F)cc3c(=O)c2-c2cccc(F)c2)cc1F. The lowest BCUT2D eigenvalue weighted by Gasteiger charge is -2.20. The van der Waals surface area contributed by atoms with Crippen LogP contribution in [0, 0.1) is 22.9 Å². The third-order valence-electron chi connectivity index (χ3n) is 6.45. The Kier molecular flexibility index (Phi) is 7.66. The molecular weight excluding hydrogens is 547 g/mol. The summed E-state index contributed by atoms with van der Waals surface area (Å²) in [6, 6.07) is 12.3. The first-order valence-corrected chi connectivity index (χ1v) is 13.0. The molecule has 0 aliphatic carbocycles. The van der Waals surface area contributed by atoms with Crippen LogP contribution in [0.5, 0.6) is 5.75 Å². The van der Waals surface area contributed by atoms with E-state index in [4.69, 9.17) is 20.3 Å². The fraction of sp³-hybridized carbons (Fsp3) is 0.161. The van der Waals surface area contributed by atoms with Gasteiger partial charge in [0.25, 0.3) is 0 Å². The minimum Gasteiger partial charge on any atom is -0.488 e. The Morgan fingerprint density at radius 1 is 1.00 bits per heavy atom. The molecule has 214 valence electrons. The van der Waals surface area contributed by atoms with Gasteiger partial charge in [0.05, 0.1) is 34.4 Å². The molecule has 2 heterocycles. The number of aromatic nitrogens is 2. The van der Waals surface area contributed by atoms with Crippen molar-refractivity contribution >= 4 is 28.3 Å². The van der Waals surface area contributed by atoms with Crippen LogP contribution in [0.2, 0.25) is 0 Å². The summed E-state index contributed by atoms with van der Waals surface area (Å²) < 4.78 is 54.5. The number of ether oxygens (including phenoxy) is 1. The van der Waals surface area contributed by atoms with E-state index in [0.717, 1.165) is 18.2 Å². The van der Waals surface area contributed by atoms with Crippen LogP contribution in [0.3, 0.4) is 0 Å². The summed E-state index contributed by atoms with van der Waals surface area (Å²) in [5.74, 6) is -1.64. The molecule has 0 aliphatic heterocycles. The van der Waals surface area contributed by atoms with Gasteiger partial charge in [-0.05, 0) is 74.9 Å². The summed E-state index contributed by atoms with van der Waals surface area (Å²) in [6.45, 7) is 5.21. The lowest BCUT2D eigenvalue weighted by molar-refractivity contribution is 0.231. The summed E-state index contributed by atoms with van der Waals surface area (Å²) in [5, 5.41) is 11.9. The van der Waals surface area contributed by atoms with E-state index >= 15 is 0 Å². The van der Waals surface area contributed by atoms with Crippen LogP contribution in [-0.4, -0.2) is 21.8 Å². The molecule has 1 atom stereocenters. The molecule has 4 N–H and O–H groups in total. The Hall–Kier alpha value is -5.19. The molecule has 5 aromatic rings. The molecular formula is C31H26F3N5O3. The highest BCUT2D eigenvalue weighted by atomic mass is 19.1. The summed E-state index contributed by atoms with van der Waals surface area (Å²) >= 11 is 0. The van der Waals surface area contributed by atoms with Crippen LogP contribution in [0.1, 0.15) is 43.7 Å². The van der Waals surface area contributed by atoms with E-state index in [1.54, 1.807) is 26.8 Å². The third kappa shape index (κ3) is 5.53. The topological polar surface area (TPSA) is 127 Å². The Morgan fingerprint density at radius 2 is 1.76 bits per heavy atom. The van der Waals surface area contributed by atoms with Crippen LogP contribution >= 0.6 is 0 Å². The van der Waals surface area contributed by atoms with E-state index in [0.29, 0.717) is 0 Å². The molecule has 0 radical (unpaired) electrons. The number of nitrogen functional groups attached to an aromatic ring is 1. The molecule has 0 aliphatic rings. The first-order chi connectivity index (χ1) is 20.0. The Labute approximate surface area is 238 Å². The molecule has 42 heavy (non-hydrogen) atoms. The van der Waals surface area contributed by atoms with Gasteiger partial charge in [0.15, 0.2) is 11.6 Å². The summed E-state index contributed by atoms with van der Waals surface area (Å²) in [7, 11) is 0. The number of anilines is 2. The Balaban J connectivity index is 1.59. The largest absolute Gasteiger partial charge is 0.488 e. The summed E-state index contributed by atoms with van der Waals surface area (Å²) in [5.41, 5.74) is 6.09. The minimum atomic E-state index is -0.801. The molecule has 5 rings (SSSR count). The fourth-order valence-corrected chi connectivity index (χ4v) is 4.58. The van der Waals surface area contributed by atoms with Gasteiger partial charge in [0.1, 0.15) is 40.9 Å². The predicted octanol–water partition coefficient (Wildman–Crippen LogP) is 6.63. The van der Waals surface area contributed by atoms with E-state index in [-0.39, 0.29) is 68.2 Å². The third-order valence-corrected chi connectivity index (χ3v) is 6.45. The maximum atomic E-state index is 14.8. The molecule has 2 aromatic heterocycles. The number of nitrogens with two attached hydrogens (primary N) is 1. The smallest absolute Gasteiger partial charge is 0.200 e. The molecule has 0 saturated heterocycles. The second-order valence-corrected chi connectivity index (χ2v) is 9.86. The van der Waals surface area contributed by atoms with Crippen LogP contribution in [0.15, 0.2) is 76.2 Å². The highest BCUT2D eigenvalue weighted by Crippen LogP contribution is 2.33. The normalized spacial score (nSPS) is 12.0. The number of nitrogens with one attached hydrogen (secondary N) is 2. The molecule has 0 amide bonds.